The number of carbonyl (C=O) groups is 2. The van der Waals surface area contributed by atoms with Crippen molar-refractivity contribution in [2.45, 2.75) is 57.6 Å². The Bertz CT molecular complexity index is 1220. The summed E-state index contributed by atoms with van der Waals surface area (Å²) in [5.41, 5.74) is 5.31. The van der Waals surface area contributed by atoms with Crippen LogP contribution in [0.2, 0.25) is 0 Å². The third-order valence-electron chi connectivity index (χ3n) is 6.57. The number of nitrogens with one attached hydrogen (secondary N) is 1. The van der Waals surface area contributed by atoms with Gasteiger partial charge in [0, 0.05) is 5.56 Å². The quantitative estimate of drug-likeness (QED) is 0.187. The molecule has 208 valence electrons. The lowest BCUT2D eigenvalue weighted by molar-refractivity contribution is -0.139. The van der Waals surface area contributed by atoms with E-state index in [-0.39, 0.29) is 17.4 Å². The highest BCUT2D eigenvalue weighted by atomic mass is 32.2. The second-order valence-electron chi connectivity index (χ2n) is 9.52. The average Bonchev–Trinajstić information content (AvgIpc) is 2.94. The van der Waals surface area contributed by atoms with E-state index in [0.29, 0.717) is 17.7 Å². The van der Waals surface area contributed by atoms with Gasteiger partial charge in [-0.2, -0.15) is 11.8 Å². The molecule has 3 atom stereocenters. The summed E-state index contributed by atoms with van der Waals surface area (Å²) in [7, 11) is 0. The van der Waals surface area contributed by atoms with Crippen LogP contribution >= 0.6 is 23.5 Å². The maximum Gasteiger partial charge on any atom is 0.326 e. The minimum atomic E-state index is -1.02. The minimum absolute atomic E-state index is 0.0481. The number of carbonyl (C=O) groups excluding carboxylic acids is 1. The molecule has 0 radical (unpaired) electrons. The van der Waals surface area contributed by atoms with Gasteiger partial charge in [0.05, 0.1) is 6.10 Å². The van der Waals surface area contributed by atoms with E-state index in [1.807, 2.05) is 55.6 Å². The van der Waals surface area contributed by atoms with Crippen molar-refractivity contribution >= 4 is 35.4 Å². The van der Waals surface area contributed by atoms with Gasteiger partial charge in [-0.15, -0.1) is 11.8 Å². The molecule has 0 spiro atoms. The van der Waals surface area contributed by atoms with Crippen molar-refractivity contribution in [1.82, 2.24) is 5.32 Å². The van der Waals surface area contributed by atoms with Crippen molar-refractivity contribution in [3.63, 3.8) is 0 Å². The number of benzene rings is 3. The molecule has 0 fully saturated rings. The maximum absolute atomic E-state index is 13.4. The molecule has 3 aromatic carbocycles. The maximum atomic E-state index is 13.4. The molecule has 0 aliphatic carbocycles. The molecule has 0 heterocycles. The van der Waals surface area contributed by atoms with Gasteiger partial charge in [0.25, 0.3) is 5.91 Å². The highest BCUT2D eigenvalue weighted by molar-refractivity contribution is 7.99. The van der Waals surface area contributed by atoms with Crippen LogP contribution in [-0.4, -0.2) is 46.9 Å². The third kappa shape index (κ3) is 9.16. The Labute approximate surface area is 241 Å². The number of hydrogen-bond acceptors (Lipinski definition) is 5. The Kier molecular flexibility index (Phi) is 12.4. The number of carboxylic acid groups (broad SMARTS) is 1. The van der Waals surface area contributed by atoms with Gasteiger partial charge in [-0.05, 0) is 90.8 Å². The second kappa shape index (κ2) is 15.8. The van der Waals surface area contributed by atoms with E-state index >= 15 is 0 Å². The van der Waals surface area contributed by atoms with E-state index in [1.165, 1.54) is 5.56 Å². The summed E-state index contributed by atoms with van der Waals surface area (Å²) in [5, 5.41) is 12.4. The lowest BCUT2D eigenvalue weighted by atomic mass is 9.93. The van der Waals surface area contributed by atoms with E-state index in [4.69, 9.17) is 4.74 Å². The van der Waals surface area contributed by atoms with Crippen LogP contribution in [0.25, 0.3) is 11.1 Å². The zero-order chi connectivity index (χ0) is 28.2. The third-order valence-corrected chi connectivity index (χ3v) is 8.23. The summed E-state index contributed by atoms with van der Waals surface area (Å²) in [5.74, 6) is 0.124. The zero-order valence-electron chi connectivity index (χ0n) is 23.2. The van der Waals surface area contributed by atoms with Crippen LogP contribution in [0.3, 0.4) is 0 Å². The first kappa shape index (κ1) is 30.8. The number of amides is 1. The van der Waals surface area contributed by atoms with E-state index in [9.17, 15) is 14.7 Å². The molecule has 0 aliphatic heterocycles. The van der Waals surface area contributed by atoms with Gasteiger partial charge < -0.3 is 15.2 Å². The Hall–Kier alpha value is -2.74. The smallest absolute Gasteiger partial charge is 0.326 e. The average molecular weight is 566 g/mol. The molecule has 2 unspecified atom stereocenters. The summed E-state index contributed by atoms with van der Waals surface area (Å²) >= 11 is 3.28. The largest absolute Gasteiger partial charge is 0.480 e. The summed E-state index contributed by atoms with van der Waals surface area (Å²) < 4.78 is 6.54. The number of aryl methyl sites for hydroxylation is 2. The van der Waals surface area contributed by atoms with Crippen LogP contribution in [-0.2, 0) is 16.0 Å². The van der Waals surface area contributed by atoms with E-state index < -0.39 is 12.0 Å². The minimum Gasteiger partial charge on any atom is -0.480 e. The molecule has 0 saturated carbocycles. The summed E-state index contributed by atoms with van der Waals surface area (Å²) in [6.07, 6.45) is 4.18. The fraction of sp³-hybridized carbons (Fsp3) is 0.375. The Morgan fingerprint density at radius 1 is 0.974 bits per heavy atom. The fourth-order valence-corrected chi connectivity index (χ4v) is 5.77. The highest BCUT2D eigenvalue weighted by Crippen LogP contribution is 2.36. The zero-order valence-corrected chi connectivity index (χ0v) is 24.8. The van der Waals surface area contributed by atoms with Crippen molar-refractivity contribution in [3.05, 3.63) is 95.1 Å². The number of ether oxygens (including phenoxy) is 1. The molecule has 3 rings (SSSR count). The Balaban J connectivity index is 1.90. The van der Waals surface area contributed by atoms with Crippen LogP contribution in [0.4, 0.5) is 0 Å². The Morgan fingerprint density at radius 2 is 1.69 bits per heavy atom. The van der Waals surface area contributed by atoms with Crippen LogP contribution in [0.15, 0.2) is 72.8 Å². The molecule has 5 nitrogen and oxygen atoms in total. The van der Waals surface area contributed by atoms with Gasteiger partial charge >= 0.3 is 5.97 Å². The van der Waals surface area contributed by atoms with Crippen LogP contribution < -0.4 is 5.32 Å². The van der Waals surface area contributed by atoms with Gasteiger partial charge in [0.2, 0.25) is 0 Å². The van der Waals surface area contributed by atoms with Crippen LogP contribution in [0, 0.1) is 6.92 Å². The number of hydrogen-bond donors (Lipinski definition) is 2. The van der Waals surface area contributed by atoms with E-state index in [1.54, 1.807) is 29.6 Å². The van der Waals surface area contributed by atoms with Gasteiger partial charge in [0.1, 0.15) is 11.5 Å². The van der Waals surface area contributed by atoms with Crippen LogP contribution in [0.1, 0.15) is 59.2 Å². The molecule has 39 heavy (non-hydrogen) atoms. The topological polar surface area (TPSA) is 75.6 Å². The number of thioether (sulfide) groups is 2. The summed E-state index contributed by atoms with van der Waals surface area (Å²) in [4.78, 5) is 25.2. The van der Waals surface area contributed by atoms with E-state index in [0.717, 1.165) is 40.8 Å². The lowest BCUT2D eigenvalue weighted by Crippen LogP contribution is -2.41. The van der Waals surface area contributed by atoms with Gasteiger partial charge in [-0.25, -0.2) is 4.79 Å². The summed E-state index contributed by atoms with van der Waals surface area (Å²) in [6.45, 7) is 6.24. The predicted molar refractivity (Wildman–Crippen MR) is 165 cm³/mol. The molecule has 7 heteroatoms. The predicted octanol–water partition coefficient (Wildman–Crippen LogP) is 7.39. The van der Waals surface area contributed by atoms with Crippen molar-refractivity contribution in [1.29, 1.82) is 0 Å². The van der Waals surface area contributed by atoms with Gasteiger partial charge in [-0.1, -0.05) is 67.6 Å². The monoisotopic (exact) mass is 565 g/mol. The van der Waals surface area contributed by atoms with E-state index in [2.05, 4.69) is 43.4 Å². The molecule has 0 aromatic heterocycles. The van der Waals surface area contributed by atoms with Crippen LogP contribution in [0.5, 0.6) is 0 Å². The standard InChI is InChI=1S/C32H39NO4S2/c1-5-39-32(37-23(3)15-16-24-12-7-6-8-13-24)25-17-18-27(28(21-25)26-14-10-9-11-22(26)2)30(34)33-29(31(35)36)19-20-38-4/h6-14,17-18,21,23,29,32H,5,15-16,19-20H2,1-4H3,(H,33,34)(H,35,36)/t23?,29-,32?/m0/s1. The molecule has 3 aromatic rings. The summed E-state index contributed by atoms with van der Waals surface area (Å²) in [6, 6.07) is 23.2. The number of aliphatic carboxylic acids is 1. The molecule has 0 saturated heterocycles. The lowest BCUT2D eigenvalue weighted by Gasteiger charge is -2.24. The molecule has 1 amide bonds. The molecule has 0 aliphatic rings. The first-order valence-electron chi connectivity index (χ1n) is 13.4. The Morgan fingerprint density at radius 3 is 2.36 bits per heavy atom. The van der Waals surface area contributed by atoms with Crippen molar-refractivity contribution in [2.24, 2.45) is 0 Å². The van der Waals surface area contributed by atoms with Gasteiger partial charge in [-0.3, -0.25) is 4.79 Å². The molecule has 0 bridgehead atoms. The number of rotatable bonds is 15. The van der Waals surface area contributed by atoms with Gasteiger partial charge in [0.15, 0.2) is 0 Å². The molecular formula is C32H39NO4S2. The normalized spacial score (nSPS) is 13.4. The first-order valence-corrected chi connectivity index (χ1v) is 15.8. The first-order chi connectivity index (χ1) is 18.8. The van der Waals surface area contributed by atoms with Crippen molar-refractivity contribution in [2.75, 3.05) is 17.8 Å². The highest BCUT2D eigenvalue weighted by Gasteiger charge is 2.24. The molecule has 2 N–H and O–H groups in total. The molecular weight excluding hydrogens is 526 g/mol. The second-order valence-corrected chi connectivity index (χ2v) is 11.8. The number of carboxylic acids is 1. The SMILES string of the molecule is CCSC(OC(C)CCc1ccccc1)c1ccc(C(=O)N[C@@H](CCSC)C(=O)O)c(-c2ccccc2C)c1. The van der Waals surface area contributed by atoms with Crippen molar-refractivity contribution < 1.29 is 19.4 Å². The van der Waals surface area contributed by atoms with Crippen molar-refractivity contribution in [3.8, 4) is 11.1 Å². The fourth-order valence-electron chi connectivity index (χ4n) is 4.39.